The van der Waals surface area contributed by atoms with Crippen LogP contribution in [-0.4, -0.2) is 38.9 Å². The lowest BCUT2D eigenvalue weighted by Crippen LogP contribution is -2.48. The van der Waals surface area contributed by atoms with Crippen LogP contribution in [0.15, 0.2) is 18.2 Å². The highest BCUT2D eigenvalue weighted by atomic mass is 32.1. The molecule has 1 amide bonds. The van der Waals surface area contributed by atoms with Crippen molar-refractivity contribution in [2.75, 3.05) is 4.90 Å². The van der Waals surface area contributed by atoms with Gasteiger partial charge in [-0.2, -0.15) is 13.2 Å². The molecular weight excluding hydrogens is 307 g/mol. The number of nitrogens with zero attached hydrogens (tertiary/aromatic N) is 3. The Hall–Kier alpha value is -1.74. The van der Waals surface area contributed by atoms with Crippen LogP contribution in [0, 0.1) is 0 Å². The second-order valence-corrected chi connectivity index (χ2v) is 5.57. The summed E-state index contributed by atoms with van der Waals surface area (Å²) < 4.78 is 42.6. The number of hydrogen-bond donors (Lipinski definition) is 1. The number of aliphatic hydroxyl groups excluding tert-OH is 1. The average molecular weight is 317 g/mol. The number of fused-ring (bicyclic) bond motifs is 1. The van der Waals surface area contributed by atoms with Crippen molar-refractivity contribution < 1.29 is 23.1 Å². The van der Waals surface area contributed by atoms with Crippen LogP contribution in [0.3, 0.4) is 0 Å². The summed E-state index contributed by atoms with van der Waals surface area (Å²) in [5.41, 5.74) is 0.938. The van der Waals surface area contributed by atoms with E-state index in [1.165, 1.54) is 6.07 Å². The van der Waals surface area contributed by atoms with Crippen molar-refractivity contribution in [3.63, 3.8) is 0 Å². The molecule has 2 atom stereocenters. The molecule has 0 spiro atoms. The molecule has 1 aromatic carbocycles. The van der Waals surface area contributed by atoms with Gasteiger partial charge in [-0.25, -0.2) is 0 Å². The Kier molecular flexibility index (Phi) is 3.33. The van der Waals surface area contributed by atoms with Gasteiger partial charge in [-0.05, 0) is 36.2 Å². The molecule has 2 aromatic rings. The Bertz CT molecular complexity index is 688. The maximum atomic E-state index is 12.7. The number of aromatic nitrogens is 2. The molecule has 1 saturated heterocycles. The van der Waals surface area contributed by atoms with E-state index in [0.717, 1.165) is 16.4 Å². The van der Waals surface area contributed by atoms with Crippen LogP contribution in [0.2, 0.25) is 0 Å². The van der Waals surface area contributed by atoms with Gasteiger partial charge >= 0.3 is 6.18 Å². The first-order valence-corrected chi connectivity index (χ1v) is 6.94. The van der Waals surface area contributed by atoms with Crippen molar-refractivity contribution in [2.45, 2.75) is 31.2 Å². The van der Waals surface area contributed by atoms with Crippen LogP contribution in [0.1, 0.15) is 12.8 Å². The van der Waals surface area contributed by atoms with E-state index >= 15 is 0 Å². The number of hydrogen-bond acceptors (Lipinski definition) is 5. The molecule has 0 aliphatic carbocycles. The number of benzene rings is 1. The van der Waals surface area contributed by atoms with E-state index in [2.05, 4.69) is 9.59 Å². The van der Waals surface area contributed by atoms with Crippen LogP contribution >= 0.6 is 11.5 Å². The number of aliphatic hydroxyl groups is 1. The van der Waals surface area contributed by atoms with Gasteiger partial charge in [0.2, 0.25) is 5.91 Å². The van der Waals surface area contributed by atoms with Gasteiger partial charge in [0, 0.05) is 12.1 Å². The highest BCUT2D eigenvalue weighted by molar-refractivity contribution is 7.12. The quantitative estimate of drug-likeness (QED) is 0.921. The second kappa shape index (κ2) is 4.92. The van der Waals surface area contributed by atoms with Crippen LogP contribution < -0.4 is 4.90 Å². The predicted molar refractivity (Wildman–Crippen MR) is 70.0 cm³/mol. The largest absolute Gasteiger partial charge is 0.416 e. The molecule has 1 aromatic heterocycles. The van der Waals surface area contributed by atoms with Crippen LogP contribution in [0.25, 0.3) is 10.2 Å². The minimum atomic E-state index is -4.76. The standard InChI is InChI=1S/C12H10F3N3O2S/c13-12(14,15)11(20)8-3-4-10(19)18(8)6-1-2-7-9(5-6)21-17-16-7/h1-2,5,8,11,20H,3-4H2. The van der Waals surface area contributed by atoms with Gasteiger partial charge in [-0.15, -0.1) is 5.10 Å². The first-order valence-electron chi connectivity index (χ1n) is 6.17. The molecule has 0 bridgehead atoms. The van der Waals surface area contributed by atoms with Crippen LogP contribution in [-0.2, 0) is 4.79 Å². The van der Waals surface area contributed by atoms with Gasteiger partial charge in [0.1, 0.15) is 5.52 Å². The summed E-state index contributed by atoms with van der Waals surface area (Å²) in [4.78, 5) is 12.9. The zero-order valence-corrected chi connectivity index (χ0v) is 11.4. The molecule has 21 heavy (non-hydrogen) atoms. The lowest BCUT2D eigenvalue weighted by Gasteiger charge is -2.29. The maximum absolute atomic E-state index is 12.7. The topological polar surface area (TPSA) is 66.3 Å². The fraction of sp³-hybridized carbons (Fsp3) is 0.417. The summed E-state index contributed by atoms with van der Waals surface area (Å²) in [5.74, 6) is -0.430. The van der Waals surface area contributed by atoms with Crippen molar-refractivity contribution in [1.82, 2.24) is 9.59 Å². The molecule has 1 fully saturated rings. The van der Waals surface area contributed by atoms with E-state index in [9.17, 15) is 23.1 Å². The van der Waals surface area contributed by atoms with Gasteiger partial charge in [0.15, 0.2) is 6.10 Å². The monoisotopic (exact) mass is 317 g/mol. The van der Waals surface area contributed by atoms with E-state index in [1.54, 1.807) is 12.1 Å². The van der Waals surface area contributed by atoms with Crippen molar-refractivity contribution in [3.05, 3.63) is 18.2 Å². The molecule has 1 N–H and O–H groups in total. The third-order valence-electron chi connectivity index (χ3n) is 3.46. The Morgan fingerprint density at radius 3 is 2.90 bits per heavy atom. The van der Waals surface area contributed by atoms with Crippen molar-refractivity contribution in [2.24, 2.45) is 0 Å². The number of alkyl halides is 3. The molecule has 112 valence electrons. The average Bonchev–Trinajstić information content (AvgIpc) is 3.01. The first kappa shape index (κ1) is 14.2. The number of carbonyl (C=O) groups excluding carboxylic acids is 1. The molecule has 2 heterocycles. The van der Waals surface area contributed by atoms with E-state index in [0.29, 0.717) is 15.9 Å². The number of halogens is 3. The Labute approximate surface area is 121 Å². The fourth-order valence-corrected chi connectivity index (χ4v) is 3.07. The maximum Gasteiger partial charge on any atom is 0.416 e. The summed E-state index contributed by atoms with van der Waals surface area (Å²) in [6, 6.07) is 3.38. The second-order valence-electron chi connectivity index (χ2n) is 4.78. The Morgan fingerprint density at radius 1 is 1.43 bits per heavy atom. The Morgan fingerprint density at radius 2 is 2.19 bits per heavy atom. The van der Waals surface area contributed by atoms with Gasteiger partial charge in [0.05, 0.1) is 10.7 Å². The van der Waals surface area contributed by atoms with E-state index in [1.807, 2.05) is 0 Å². The zero-order chi connectivity index (χ0) is 15.2. The third kappa shape index (κ3) is 2.46. The normalized spacial score (nSPS) is 21.2. The molecular formula is C12H10F3N3O2S. The van der Waals surface area contributed by atoms with Crippen LogP contribution in [0.5, 0.6) is 0 Å². The van der Waals surface area contributed by atoms with Gasteiger partial charge in [0.25, 0.3) is 0 Å². The van der Waals surface area contributed by atoms with E-state index < -0.39 is 24.2 Å². The smallest absolute Gasteiger partial charge is 0.382 e. The summed E-state index contributed by atoms with van der Waals surface area (Å²) in [5, 5.41) is 13.3. The minimum Gasteiger partial charge on any atom is -0.382 e. The van der Waals surface area contributed by atoms with Crippen molar-refractivity contribution >= 4 is 33.3 Å². The third-order valence-corrected chi connectivity index (χ3v) is 4.15. The molecule has 0 saturated carbocycles. The molecule has 3 rings (SSSR count). The fourth-order valence-electron chi connectivity index (χ4n) is 2.48. The number of anilines is 1. The van der Waals surface area contributed by atoms with Crippen molar-refractivity contribution in [3.8, 4) is 0 Å². The first-order chi connectivity index (χ1) is 9.88. The molecule has 1 aliphatic rings. The molecule has 2 unspecified atom stereocenters. The zero-order valence-electron chi connectivity index (χ0n) is 10.5. The molecule has 5 nitrogen and oxygen atoms in total. The summed E-state index contributed by atoms with van der Waals surface area (Å²) in [6.07, 6.45) is -7.36. The van der Waals surface area contributed by atoms with Crippen molar-refractivity contribution in [1.29, 1.82) is 0 Å². The van der Waals surface area contributed by atoms with E-state index in [4.69, 9.17) is 0 Å². The number of carbonyl (C=O) groups is 1. The van der Waals surface area contributed by atoms with Gasteiger partial charge in [-0.1, -0.05) is 4.49 Å². The van der Waals surface area contributed by atoms with E-state index in [-0.39, 0.29) is 12.8 Å². The lowest BCUT2D eigenvalue weighted by molar-refractivity contribution is -0.209. The minimum absolute atomic E-state index is 0.0171. The molecule has 9 heteroatoms. The summed E-state index contributed by atoms with van der Waals surface area (Å²) >= 11 is 1.09. The Balaban J connectivity index is 1.98. The number of rotatable bonds is 2. The number of amides is 1. The molecule has 1 aliphatic heterocycles. The van der Waals surface area contributed by atoms with Gasteiger partial charge in [-0.3, -0.25) is 4.79 Å². The summed E-state index contributed by atoms with van der Waals surface area (Å²) in [7, 11) is 0. The van der Waals surface area contributed by atoms with Crippen LogP contribution in [0.4, 0.5) is 18.9 Å². The molecule has 0 radical (unpaired) electrons. The SMILES string of the molecule is O=C1CCC(C(O)C(F)(F)F)N1c1ccc2nnsc2c1. The highest BCUT2D eigenvalue weighted by Crippen LogP contribution is 2.35. The highest BCUT2D eigenvalue weighted by Gasteiger charge is 2.49. The predicted octanol–water partition coefficient (Wildman–Crippen LogP) is 2.11. The van der Waals surface area contributed by atoms with Gasteiger partial charge < -0.3 is 10.0 Å². The summed E-state index contributed by atoms with van der Waals surface area (Å²) in [6.45, 7) is 0. The lowest BCUT2D eigenvalue weighted by atomic mass is 10.1.